The van der Waals surface area contributed by atoms with E-state index in [0.29, 0.717) is 18.2 Å². The summed E-state index contributed by atoms with van der Waals surface area (Å²) in [5, 5.41) is 3.90. The van der Waals surface area contributed by atoms with Gasteiger partial charge >= 0.3 is 0 Å². The zero-order valence-corrected chi connectivity index (χ0v) is 12.8. The van der Waals surface area contributed by atoms with E-state index < -0.39 is 0 Å². The first-order valence-electron chi connectivity index (χ1n) is 7.38. The topological polar surface area (TPSA) is 43.4 Å². The number of anilines is 1. The fourth-order valence-corrected chi connectivity index (χ4v) is 2.32. The second kappa shape index (κ2) is 8.45. The summed E-state index contributed by atoms with van der Waals surface area (Å²) in [6, 6.07) is 3.76. The van der Waals surface area contributed by atoms with Crippen molar-refractivity contribution >= 4 is 17.4 Å². The highest BCUT2D eigenvalue weighted by Gasteiger charge is 2.14. The molecule has 0 bridgehead atoms. The van der Waals surface area contributed by atoms with Crippen LogP contribution in [0.3, 0.4) is 0 Å². The summed E-state index contributed by atoms with van der Waals surface area (Å²) in [5.74, 6) is 0.851. The van der Waals surface area contributed by atoms with Crippen molar-refractivity contribution in [3.63, 3.8) is 0 Å². The summed E-state index contributed by atoms with van der Waals surface area (Å²) < 4.78 is 11.3. The van der Waals surface area contributed by atoms with Gasteiger partial charge in [-0.2, -0.15) is 0 Å². The average molecular weight is 299 g/mol. The zero-order chi connectivity index (χ0) is 14.2. The fraction of sp³-hybridized carbons (Fsp3) is 0.667. The highest BCUT2D eigenvalue weighted by molar-refractivity contribution is 6.31. The first kappa shape index (κ1) is 15.5. The van der Waals surface area contributed by atoms with Gasteiger partial charge in [0.05, 0.1) is 30.0 Å². The third-order valence-electron chi connectivity index (χ3n) is 3.29. The van der Waals surface area contributed by atoms with Crippen LogP contribution in [0.2, 0.25) is 5.02 Å². The second-order valence-electron chi connectivity index (χ2n) is 5.06. The van der Waals surface area contributed by atoms with Crippen molar-refractivity contribution in [2.45, 2.75) is 45.3 Å². The molecular weight excluding hydrogens is 276 g/mol. The highest BCUT2D eigenvalue weighted by Crippen LogP contribution is 2.19. The van der Waals surface area contributed by atoms with Gasteiger partial charge in [-0.05, 0) is 37.8 Å². The number of hydrogen-bond donors (Lipinski definition) is 1. The Bertz CT molecular complexity index is 409. The highest BCUT2D eigenvalue weighted by atomic mass is 35.5. The molecule has 5 heteroatoms. The molecule has 2 heterocycles. The van der Waals surface area contributed by atoms with E-state index in [-0.39, 0.29) is 6.10 Å². The van der Waals surface area contributed by atoms with Crippen LogP contribution < -0.4 is 5.32 Å². The van der Waals surface area contributed by atoms with Crippen molar-refractivity contribution in [2.75, 3.05) is 25.1 Å². The van der Waals surface area contributed by atoms with Crippen molar-refractivity contribution in [1.82, 2.24) is 4.98 Å². The predicted molar refractivity (Wildman–Crippen MR) is 81.3 cm³/mol. The molecule has 1 N–H and O–H groups in total. The van der Waals surface area contributed by atoms with Gasteiger partial charge < -0.3 is 14.8 Å². The largest absolute Gasteiger partial charge is 0.376 e. The fourth-order valence-electron chi connectivity index (χ4n) is 2.16. The van der Waals surface area contributed by atoms with Crippen LogP contribution in [0.25, 0.3) is 0 Å². The summed E-state index contributed by atoms with van der Waals surface area (Å²) in [4.78, 5) is 4.48. The summed E-state index contributed by atoms with van der Waals surface area (Å²) in [6.45, 7) is 4.93. The molecule has 1 unspecified atom stereocenters. The first-order chi connectivity index (χ1) is 9.79. The van der Waals surface area contributed by atoms with E-state index in [1.54, 1.807) is 0 Å². The van der Waals surface area contributed by atoms with Gasteiger partial charge in [-0.25, -0.2) is 4.98 Å². The van der Waals surface area contributed by atoms with Gasteiger partial charge in [0.1, 0.15) is 5.82 Å². The van der Waals surface area contributed by atoms with Gasteiger partial charge in [-0.1, -0.05) is 18.5 Å². The minimum Gasteiger partial charge on any atom is -0.376 e. The number of hydrogen-bond acceptors (Lipinski definition) is 4. The maximum atomic E-state index is 6.15. The Hall–Kier alpha value is -0.840. The van der Waals surface area contributed by atoms with E-state index in [9.17, 15) is 0 Å². The molecule has 4 nitrogen and oxygen atoms in total. The van der Waals surface area contributed by atoms with Crippen LogP contribution in [0.4, 0.5) is 5.82 Å². The Morgan fingerprint density at radius 2 is 2.35 bits per heavy atom. The van der Waals surface area contributed by atoms with Crippen molar-refractivity contribution < 1.29 is 9.47 Å². The smallest absolute Gasteiger partial charge is 0.126 e. The molecule has 2 rings (SSSR count). The van der Waals surface area contributed by atoms with Crippen LogP contribution in [-0.2, 0) is 16.1 Å². The van der Waals surface area contributed by atoms with Crippen molar-refractivity contribution in [3.05, 3.63) is 22.8 Å². The molecule has 0 saturated carbocycles. The molecule has 20 heavy (non-hydrogen) atoms. The molecule has 1 aliphatic rings. The lowest BCUT2D eigenvalue weighted by Gasteiger charge is -2.22. The minimum absolute atomic E-state index is 0.226. The molecule has 1 saturated heterocycles. The number of aromatic nitrogens is 1. The zero-order valence-electron chi connectivity index (χ0n) is 12.0. The van der Waals surface area contributed by atoms with Crippen molar-refractivity contribution in [3.8, 4) is 0 Å². The van der Waals surface area contributed by atoms with Crippen LogP contribution >= 0.6 is 11.6 Å². The number of halogens is 1. The lowest BCUT2D eigenvalue weighted by Crippen LogP contribution is -2.24. The molecule has 1 fully saturated rings. The second-order valence-corrected chi connectivity index (χ2v) is 5.46. The maximum Gasteiger partial charge on any atom is 0.126 e. The number of pyridine rings is 1. The van der Waals surface area contributed by atoms with E-state index in [2.05, 4.69) is 17.2 Å². The Morgan fingerprint density at radius 3 is 3.10 bits per heavy atom. The molecule has 0 aliphatic carbocycles. The third-order valence-corrected chi connectivity index (χ3v) is 3.64. The summed E-state index contributed by atoms with van der Waals surface area (Å²) in [7, 11) is 0. The van der Waals surface area contributed by atoms with E-state index in [1.807, 2.05) is 12.1 Å². The molecule has 112 valence electrons. The average Bonchev–Trinajstić information content (AvgIpc) is 2.49. The predicted octanol–water partition coefficient (Wildman–Crippen LogP) is 3.64. The van der Waals surface area contributed by atoms with Crippen molar-refractivity contribution in [2.24, 2.45) is 0 Å². The third kappa shape index (κ3) is 4.93. The monoisotopic (exact) mass is 298 g/mol. The standard InChI is InChI=1S/C15H23ClN2O2/c1-2-8-17-15-7-6-13(16)14(18-15)11-19-10-12-5-3-4-9-20-12/h6-7,12H,2-5,8-11H2,1H3,(H,17,18). The Kier molecular flexibility index (Phi) is 6.57. The molecule has 0 radical (unpaired) electrons. The lowest BCUT2D eigenvalue weighted by molar-refractivity contribution is -0.0452. The number of rotatable bonds is 7. The van der Waals surface area contributed by atoms with Gasteiger partial charge in [0, 0.05) is 13.2 Å². The summed E-state index contributed by atoms with van der Waals surface area (Å²) in [6.07, 6.45) is 4.76. The quantitative estimate of drug-likeness (QED) is 0.834. The van der Waals surface area contributed by atoms with Crippen LogP contribution in [0.1, 0.15) is 38.3 Å². The number of ether oxygens (including phenoxy) is 2. The van der Waals surface area contributed by atoms with Crippen LogP contribution in [0.15, 0.2) is 12.1 Å². The summed E-state index contributed by atoms with van der Waals surface area (Å²) in [5.41, 5.74) is 0.781. The molecule has 1 aromatic rings. The SMILES string of the molecule is CCCNc1ccc(Cl)c(COCC2CCCCO2)n1. The first-order valence-corrected chi connectivity index (χ1v) is 7.76. The molecule has 1 aliphatic heterocycles. The van der Waals surface area contributed by atoms with Gasteiger partial charge in [0.25, 0.3) is 0 Å². The number of nitrogens with zero attached hydrogens (tertiary/aromatic N) is 1. The lowest BCUT2D eigenvalue weighted by atomic mass is 10.1. The van der Waals surface area contributed by atoms with E-state index >= 15 is 0 Å². The molecule has 1 aromatic heterocycles. The van der Waals surface area contributed by atoms with Gasteiger partial charge in [0.2, 0.25) is 0 Å². The van der Waals surface area contributed by atoms with Crippen LogP contribution in [0.5, 0.6) is 0 Å². The van der Waals surface area contributed by atoms with Gasteiger partial charge in [-0.15, -0.1) is 0 Å². The Morgan fingerprint density at radius 1 is 1.45 bits per heavy atom. The van der Waals surface area contributed by atoms with Crippen molar-refractivity contribution in [1.29, 1.82) is 0 Å². The molecule has 1 atom stereocenters. The Labute approximate surface area is 125 Å². The molecule has 0 amide bonds. The van der Waals surface area contributed by atoms with Crippen LogP contribution in [-0.4, -0.2) is 30.8 Å². The molecular formula is C15H23ClN2O2. The number of nitrogens with one attached hydrogen (secondary N) is 1. The minimum atomic E-state index is 0.226. The van der Waals surface area contributed by atoms with Crippen LogP contribution in [0, 0.1) is 0 Å². The molecule has 0 aromatic carbocycles. The van der Waals surface area contributed by atoms with E-state index in [0.717, 1.165) is 43.9 Å². The summed E-state index contributed by atoms with van der Waals surface area (Å²) >= 11 is 6.15. The van der Waals surface area contributed by atoms with Gasteiger partial charge in [0.15, 0.2) is 0 Å². The molecule has 0 spiro atoms. The maximum absolute atomic E-state index is 6.15. The Balaban J connectivity index is 1.81. The van der Waals surface area contributed by atoms with E-state index in [1.165, 1.54) is 6.42 Å². The van der Waals surface area contributed by atoms with E-state index in [4.69, 9.17) is 21.1 Å². The normalized spacial score (nSPS) is 19.0. The van der Waals surface area contributed by atoms with Gasteiger partial charge in [-0.3, -0.25) is 0 Å².